The second-order valence-electron chi connectivity index (χ2n) is 4.84. The topological polar surface area (TPSA) is 64.3 Å². The average Bonchev–Trinajstić information content (AvgIpc) is 2.53. The number of ether oxygens (including phenoxy) is 1. The van der Waals surface area contributed by atoms with E-state index in [0.717, 1.165) is 5.56 Å². The van der Waals surface area contributed by atoms with Crippen molar-refractivity contribution in [3.8, 4) is 5.75 Å². The van der Waals surface area contributed by atoms with Crippen molar-refractivity contribution >= 4 is 11.6 Å². The van der Waals surface area contributed by atoms with Gasteiger partial charge in [-0.25, -0.2) is 0 Å². The van der Waals surface area contributed by atoms with Gasteiger partial charge in [0.2, 0.25) is 5.91 Å². The Bertz CT molecular complexity index is 584. The van der Waals surface area contributed by atoms with Crippen molar-refractivity contribution < 1.29 is 9.53 Å². The zero-order valence-corrected chi connectivity index (χ0v) is 12.1. The summed E-state index contributed by atoms with van der Waals surface area (Å²) in [6, 6.07) is 17.2. The third kappa shape index (κ3) is 4.33. The van der Waals surface area contributed by atoms with Gasteiger partial charge >= 0.3 is 0 Å². The van der Waals surface area contributed by atoms with E-state index in [4.69, 9.17) is 10.5 Å². The Hall–Kier alpha value is -2.33. The molecule has 2 rings (SSSR count). The van der Waals surface area contributed by atoms with Crippen LogP contribution in [0.25, 0.3) is 0 Å². The highest BCUT2D eigenvalue weighted by atomic mass is 16.5. The number of methoxy groups -OCH3 is 1. The van der Waals surface area contributed by atoms with Gasteiger partial charge in [0.1, 0.15) is 5.75 Å². The standard InChI is InChI=1S/C17H20N2O2/c1-21-16-9-5-8-15(11-16)19-17(20)14(12-18)10-13-6-3-2-4-7-13/h2-9,11,14H,10,12,18H2,1H3,(H,19,20). The Labute approximate surface area is 124 Å². The summed E-state index contributed by atoms with van der Waals surface area (Å²) in [6.45, 7) is 0.310. The van der Waals surface area contributed by atoms with E-state index in [2.05, 4.69) is 5.32 Å². The Morgan fingerprint density at radius 1 is 1.19 bits per heavy atom. The van der Waals surface area contributed by atoms with Gasteiger partial charge in [-0.3, -0.25) is 4.79 Å². The highest BCUT2D eigenvalue weighted by Crippen LogP contribution is 2.18. The fourth-order valence-corrected chi connectivity index (χ4v) is 2.13. The summed E-state index contributed by atoms with van der Waals surface area (Å²) in [5.41, 5.74) is 7.56. The molecule has 0 fully saturated rings. The summed E-state index contributed by atoms with van der Waals surface area (Å²) >= 11 is 0. The monoisotopic (exact) mass is 284 g/mol. The lowest BCUT2D eigenvalue weighted by Gasteiger charge is -2.15. The first-order valence-corrected chi connectivity index (χ1v) is 6.92. The van der Waals surface area contributed by atoms with Crippen LogP contribution in [0.4, 0.5) is 5.69 Å². The quantitative estimate of drug-likeness (QED) is 0.856. The number of nitrogens with one attached hydrogen (secondary N) is 1. The number of hydrogen-bond donors (Lipinski definition) is 2. The Kier molecular flexibility index (Phi) is 5.35. The van der Waals surface area contributed by atoms with E-state index in [-0.39, 0.29) is 11.8 Å². The lowest BCUT2D eigenvalue weighted by atomic mass is 9.98. The van der Waals surface area contributed by atoms with Crippen LogP contribution in [0.15, 0.2) is 54.6 Å². The molecule has 21 heavy (non-hydrogen) atoms. The molecule has 0 saturated heterocycles. The van der Waals surface area contributed by atoms with Crippen molar-refractivity contribution in [1.29, 1.82) is 0 Å². The molecule has 1 atom stereocenters. The maximum atomic E-state index is 12.3. The highest BCUT2D eigenvalue weighted by molar-refractivity contribution is 5.93. The van der Waals surface area contributed by atoms with E-state index in [1.807, 2.05) is 48.5 Å². The van der Waals surface area contributed by atoms with E-state index in [1.165, 1.54) is 0 Å². The van der Waals surface area contributed by atoms with E-state index in [9.17, 15) is 4.79 Å². The molecule has 2 aromatic rings. The number of anilines is 1. The molecule has 3 N–H and O–H groups in total. The molecule has 0 heterocycles. The number of carbonyl (C=O) groups excluding carboxylic acids is 1. The van der Waals surface area contributed by atoms with Gasteiger partial charge in [-0.15, -0.1) is 0 Å². The maximum Gasteiger partial charge on any atom is 0.229 e. The first-order valence-electron chi connectivity index (χ1n) is 6.92. The summed E-state index contributed by atoms with van der Waals surface area (Å²) in [6.07, 6.45) is 0.632. The van der Waals surface area contributed by atoms with Crippen molar-refractivity contribution in [1.82, 2.24) is 0 Å². The number of benzene rings is 2. The van der Waals surface area contributed by atoms with Crippen molar-refractivity contribution in [2.75, 3.05) is 19.0 Å². The fourth-order valence-electron chi connectivity index (χ4n) is 2.13. The Balaban J connectivity index is 2.02. The Morgan fingerprint density at radius 2 is 1.95 bits per heavy atom. The molecule has 1 unspecified atom stereocenters. The molecule has 110 valence electrons. The average molecular weight is 284 g/mol. The van der Waals surface area contributed by atoms with Crippen LogP contribution < -0.4 is 15.8 Å². The van der Waals surface area contributed by atoms with Gasteiger partial charge in [-0.1, -0.05) is 36.4 Å². The molecule has 1 amide bonds. The van der Waals surface area contributed by atoms with Gasteiger partial charge < -0.3 is 15.8 Å². The molecule has 0 radical (unpaired) electrons. The van der Waals surface area contributed by atoms with Crippen molar-refractivity contribution in [3.63, 3.8) is 0 Å². The highest BCUT2D eigenvalue weighted by Gasteiger charge is 2.17. The van der Waals surface area contributed by atoms with Gasteiger partial charge in [0.25, 0.3) is 0 Å². The van der Waals surface area contributed by atoms with E-state index in [1.54, 1.807) is 13.2 Å². The maximum absolute atomic E-state index is 12.3. The summed E-state index contributed by atoms with van der Waals surface area (Å²) in [7, 11) is 1.60. The normalized spacial score (nSPS) is 11.7. The number of hydrogen-bond acceptors (Lipinski definition) is 3. The third-order valence-electron chi connectivity index (χ3n) is 3.32. The van der Waals surface area contributed by atoms with E-state index in [0.29, 0.717) is 24.4 Å². The number of rotatable bonds is 6. The first-order chi connectivity index (χ1) is 10.2. The minimum atomic E-state index is -0.251. The van der Waals surface area contributed by atoms with Gasteiger partial charge in [0.15, 0.2) is 0 Å². The van der Waals surface area contributed by atoms with Crippen LogP contribution in [-0.2, 0) is 11.2 Å². The zero-order chi connectivity index (χ0) is 15.1. The molecular formula is C17H20N2O2. The van der Waals surface area contributed by atoms with E-state index >= 15 is 0 Å². The van der Waals surface area contributed by atoms with Crippen LogP contribution in [0.3, 0.4) is 0 Å². The van der Waals surface area contributed by atoms with Crippen LogP contribution in [0.2, 0.25) is 0 Å². The molecule has 0 spiro atoms. The predicted octanol–water partition coefficient (Wildman–Crippen LogP) is 2.45. The van der Waals surface area contributed by atoms with Gasteiger partial charge in [0, 0.05) is 18.3 Å². The SMILES string of the molecule is COc1cccc(NC(=O)C(CN)Cc2ccccc2)c1. The van der Waals surface area contributed by atoms with Crippen molar-refractivity contribution in [2.45, 2.75) is 6.42 Å². The molecule has 0 saturated carbocycles. The molecule has 0 aromatic heterocycles. The summed E-state index contributed by atoms with van der Waals surface area (Å²) in [4.78, 5) is 12.3. The number of carbonyl (C=O) groups is 1. The van der Waals surface area contributed by atoms with Crippen LogP contribution in [0.1, 0.15) is 5.56 Å². The van der Waals surface area contributed by atoms with Crippen LogP contribution in [-0.4, -0.2) is 19.6 Å². The fraction of sp³-hybridized carbons (Fsp3) is 0.235. The second kappa shape index (κ2) is 7.45. The second-order valence-corrected chi connectivity index (χ2v) is 4.84. The van der Waals surface area contributed by atoms with Crippen molar-refractivity contribution in [2.24, 2.45) is 11.7 Å². The van der Waals surface area contributed by atoms with Crippen LogP contribution in [0.5, 0.6) is 5.75 Å². The first kappa shape index (κ1) is 15.1. The molecule has 0 aliphatic rings. The van der Waals surface area contributed by atoms with Crippen molar-refractivity contribution in [3.05, 3.63) is 60.2 Å². The summed E-state index contributed by atoms with van der Waals surface area (Å²) in [5, 5.41) is 2.89. The third-order valence-corrected chi connectivity index (χ3v) is 3.32. The number of nitrogens with two attached hydrogens (primary N) is 1. The van der Waals surface area contributed by atoms with Gasteiger partial charge in [-0.05, 0) is 24.1 Å². The van der Waals surface area contributed by atoms with Gasteiger partial charge in [-0.2, -0.15) is 0 Å². The lowest BCUT2D eigenvalue weighted by Crippen LogP contribution is -2.31. The minimum Gasteiger partial charge on any atom is -0.497 e. The largest absolute Gasteiger partial charge is 0.497 e. The summed E-state index contributed by atoms with van der Waals surface area (Å²) < 4.78 is 5.14. The lowest BCUT2D eigenvalue weighted by molar-refractivity contribution is -0.119. The molecule has 0 bridgehead atoms. The Morgan fingerprint density at radius 3 is 2.62 bits per heavy atom. The molecule has 4 heteroatoms. The van der Waals surface area contributed by atoms with E-state index < -0.39 is 0 Å². The molecule has 4 nitrogen and oxygen atoms in total. The molecule has 2 aromatic carbocycles. The van der Waals surface area contributed by atoms with Gasteiger partial charge in [0.05, 0.1) is 13.0 Å². The zero-order valence-electron chi connectivity index (χ0n) is 12.1. The summed E-state index contributed by atoms with van der Waals surface area (Å²) in [5.74, 6) is 0.383. The molecule has 0 aliphatic heterocycles. The number of amides is 1. The minimum absolute atomic E-state index is 0.0744. The molecular weight excluding hydrogens is 264 g/mol. The molecule has 0 aliphatic carbocycles. The van der Waals surface area contributed by atoms with Crippen LogP contribution in [0, 0.1) is 5.92 Å². The predicted molar refractivity (Wildman–Crippen MR) is 84.3 cm³/mol. The smallest absolute Gasteiger partial charge is 0.229 e. The van der Waals surface area contributed by atoms with Crippen LogP contribution >= 0.6 is 0 Å².